The number of hydrogen-bond acceptors (Lipinski definition) is 7. The fourth-order valence-corrected chi connectivity index (χ4v) is 3.33. The minimum Gasteiger partial charge on any atom is -0.480 e. The Hall–Kier alpha value is -2.52. The van der Waals surface area contributed by atoms with Crippen LogP contribution < -0.4 is 21.2 Å². The van der Waals surface area contributed by atoms with Crippen molar-refractivity contribution in [2.45, 2.75) is 13.0 Å². The van der Waals surface area contributed by atoms with E-state index in [0.29, 0.717) is 17.6 Å². The predicted octanol–water partition coefficient (Wildman–Crippen LogP) is 1.23. The number of thioether (sulfide) groups is 1. The maximum atomic E-state index is 12.4. The van der Waals surface area contributed by atoms with E-state index in [1.807, 2.05) is 31.1 Å². The fourth-order valence-electron chi connectivity index (χ4n) is 2.44. The van der Waals surface area contributed by atoms with Gasteiger partial charge >= 0.3 is 11.6 Å². The number of amides is 1. The first kappa shape index (κ1) is 19.8. The van der Waals surface area contributed by atoms with Crippen LogP contribution in [0.2, 0.25) is 0 Å². The van der Waals surface area contributed by atoms with Gasteiger partial charge in [0.1, 0.15) is 17.3 Å². The molecule has 26 heavy (non-hydrogen) atoms. The number of anilines is 2. The van der Waals surface area contributed by atoms with Crippen LogP contribution in [0, 0.1) is 6.92 Å². The van der Waals surface area contributed by atoms with E-state index in [1.165, 1.54) is 4.90 Å². The van der Waals surface area contributed by atoms with Crippen molar-refractivity contribution in [1.82, 2.24) is 0 Å². The van der Waals surface area contributed by atoms with Gasteiger partial charge in [-0.1, -0.05) is 0 Å². The molecular formula is C17H21N3O5S. The highest BCUT2D eigenvalue weighted by Gasteiger charge is 2.19. The van der Waals surface area contributed by atoms with Crippen molar-refractivity contribution >= 4 is 46.5 Å². The monoisotopic (exact) mass is 379 g/mol. The molecule has 9 heteroatoms. The summed E-state index contributed by atoms with van der Waals surface area (Å²) in [5.74, 6) is -0.908. The van der Waals surface area contributed by atoms with Crippen molar-refractivity contribution in [1.29, 1.82) is 0 Å². The van der Waals surface area contributed by atoms with Crippen LogP contribution in [0.25, 0.3) is 11.0 Å². The van der Waals surface area contributed by atoms with Crippen molar-refractivity contribution in [2.75, 3.05) is 35.5 Å². The van der Waals surface area contributed by atoms with Crippen LogP contribution in [0.4, 0.5) is 11.4 Å². The normalized spacial score (nSPS) is 12.0. The van der Waals surface area contributed by atoms with E-state index in [0.717, 1.165) is 22.8 Å². The lowest BCUT2D eigenvalue weighted by molar-refractivity contribution is -0.137. The molecular weight excluding hydrogens is 358 g/mol. The number of benzene rings is 1. The standard InChI is InChI=1S/C17H21N3O5S/c1-10-12-5-4-11(19(2)3)6-14(12)25-17(24)15(10)20(8-21)9-26-7-13(18)16(22)23/h4-6,8,13H,7,9,18H2,1-3H3,(H,22,23)/t13-/m0/s1. The summed E-state index contributed by atoms with van der Waals surface area (Å²) in [5, 5.41) is 9.53. The number of carboxylic acid groups (broad SMARTS) is 1. The quantitative estimate of drug-likeness (QED) is 0.400. The van der Waals surface area contributed by atoms with Gasteiger partial charge in [-0.05, 0) is 24.6 Å². The van der Waals surface area contributed by atoms with Crippen molar-refractivity contribution in [2.24, 2.45) is 5.73 Å². The van der Waals surface area contributed by atoms with Crippen molar-refractivity contribution in [3.05, 3.63) is 34.2 Å². The maximum absolute atomic E-state index is 12.4. The second-order valence-corrected chi connectivity index (χ2v) is 6.96. The van der Waals surface area contributed by atoms with Crippen LogP contribution in [0.1, 0.15) is 5.56 Å². The van der Waals surface area contributed by atoms with Crippen molar-refractivity contribution in [3.63, 3.8) is 0 Å². The van der Waals surface area contributed by atoms with Crippen LogP contribution in [0.15, 0.2) is 27.4 Å². The van der Waals surface area contributed by atoms with Crippen LogP contribution in [0.3, 0.4) is 0 Å². The first-order valence-corrected chi connectivity index (χ1v) is 8.94. The zero-order valence-electron chi connectivity index (χ0n) is 14.8. The Labute approximate surface area is 154 Å². The molecule has 0 spiro atoms. The van der Waals surface area contributed by atoms with Gasteiger partial charge in [0.05, 0.1) is 5.88 Å². The van der Waals surface area contributed by atoms with E-state index in [-0.39, 0.29) is 17.3 Å². The topological polar surface area (TPSA) is 117 Å². The lowest BCUT2D eigenvalue weighted by Gasteiger charge is -2.19. The first-order valence-electron chi connectivity index (χ1n) is 7.79. The van der Waals surface area contributed by atoms with Gasteiger partial charge in [0.25, 0.3) is 0 Å². The molecule has 3 N–H and O–H groups in total. The minimum atomic E-state index is -1.12. The molecule has 2 rings (SSSR count). The SMILES string of the molecule is Cc1c(N(C=O)CSC[C@H](N)C(=O)O)c(=O)oc2cc(N(C)C)ccc12. The number of fused-ring (bicyclic) bond motifs is 1. The average molecular weight is 379 g/mol. The van der Waals surface area contributed by atoms with E-state index in [2.05, 4.69) is 0 Å². The summed E-state index contributed by atoms with van der Waals surface area (Å²) in [4.78, 5) is 37.8. The van der Waals surface area contributed by atoms with Gasteiger partial charge in [0.2, 0.25) is 6.41 Å². The highest BCUT2D eigenvalue weighted by Crippen LogP contribution is 2.28. The molecule has 2 aromatic rings. The van der Waals surface area contributed by atoms with Gasteiger partial charge in [-0.2, -0.15) is 0 Å². The molecule has 0 bridgehead atoms. The average Bonchev–Trinajstić information content (AvgIpc) is 2.59. The van der Waals surface area contributed by atoms with Gasteiger partial charge in [0.15, 0.2) is 0 Å². The molecule has 140 valence electrons. The van der Waals surface area contributed by atoms with Gasteiger partial charge in [0, 0.05) is 37.0 Å². The molecule has 0 aliphatic carbocycles. The first-order chi connectivity index (χ1) is 12.3. The predicted molar refractivity (Wildman–Crippen MR) is 103 cm³/mol. The Morgan fingerprint density at radius 2 is 2.12 bits per heavy atom. The van der Waals surface area contributed by atoms with Crippen molar-refractivity contribution in [3.8, 4) is 0 Å². The van der Waals surface area contributed by atoms with Crippen LogP contribution in [-0.4, -0.2) is 49.3 Å². The number of rotatable bonds is 8. The number of nitrogens with two attached hydrogens (primary N) is 1. The lowest BCUT2D eigenvalue weighted by atomic mass is 10.1. The molecule has 8 nitrogen and oxygen atoms in total. The molecule has 0 aliphatic rings. The van der Waals surface area contributed by atoms with Gasteiger partial charge in [-0.25, -0.2) is 4.79 Å². The Morgan fingerprint density at radius 3 is 2.69 bits per heavy atom. The molecule has 0 saturated heterocycles. The second kappa shape index (κ2) is 8.24. The molecule has 1 aromatic heterocycles. The minimum absolute atomic E-state index is 0.0946. The Bertz CT molecular complexity index is 881. The third-order valence-electron chi connectivity index (χ3n) is 3.90. The largest absolute Gasteiger partial charge is 0.480 e. The highest BCUT2D eigenvalue weighted by atomic mass is 32.2. The highest BCUT2D eigenvalue weighted by molar-refractivity contribution is 7.99. The van der Waals surface area contributed by atoms with Crippen LogP contribution in [0.5, 0.6) is 0 Å². The number of carbonyl (C=O) groups excluding carboxylic acids is 1. The summed E-state index contributed by atoms with van der Waals surface area (Å²) >= 11 is 1.15. The molecule has 1 atom stereocenters. The molecule has 0 radical (unpaired) electrons. The maximum Gasteiger partial charge on any atom is 0.360 e. The summed E-state index contributed by atoms with van der Waals surface area (Å²) in [5.41, 5.74) is 6.91. The summed E-state index contributed by atoms with van der Waals surface area (Å²) in [7, 11) is 3.77. The van der Waals surface area contributed by atoms with E-state index >= 15 is 0 Å². The lowest BCUT2D eigenvalue weighted by Crippen LogP contribution is -2.34. The molecule has 0 unspecified atom stereocenters. The fraction of sp³-hybridized carbons (Fsp3) is 0.353. The summed E-state index contributed by atoms with van der Waals surface area (Å²) in [6.07, 6.45) is 0.526. The molecule has 1 heterocycles. The smallest absolute Gasteiger partial charge is 0.360 e. The Morgan fingerprint density at radius 1 is 1.42 bits per heavy atom. The number of aryl methyl sites for hydroxylation is 1. The number of carbonyl (C=O) groups is 2. The molecule has 1 aromatic carbocycles. The summed E-state index contributed by atoms with van der Waals surface area (Å²) in [6, 6.07) is 4.46. The summed E-state index contributed by atoms with van der Waals surface area (Å²) in [6.45, 7) is 1.74. The zero-order chi connectivity index (χ0) is 19.4. The van der Waals surface area contributed by atoms with E-state index in [1.54, 1.807) is 13.0 Å². The third kappa shape index (κ3) is 4.17. The summed E-state index contributed by atoms with van der Waals surface area (Å²) < 4.78 is 5.40. The number of carboxylic acids is 1. The second-order valence-electron chi connectivity index (χ2n) is 5.96. The van der Waals surface area contributed by atoms with E-state index in [4.69, 9.17) is 15.3 Å². The van der Waals surface area contributed by atoms with Gasteiger partial charge in [-0.3, -0.25) is 14.5 Å². The third-order valence-corrected chi connectivity index (χ3v) is 4.95. The van der Waals surface area contributed by atoms with Crippen molar-refractivity contribution < 1.29 is 19.1 Å². The number of aliphatic carboxylic acids is 1. The van der Waals surface area contributed by atoms with E-state index in [9.17, 15) is 14.4 Å². The zero-order valence-corrected chi connectivity index (χ0v) is 15.6. The molecule has 0 fully saturated rings. The Balaban J connectivity index is 2.35. The number of nitrogens with zero attached hydrogens (tertiary/aromatic N) is 2. The van der Waals surface area contributed by atoms with Gasteiger partial charge < -0.3 is 20.2 Å². The number of hydrogen-bond donors (Lipinski definition) is 2. The Kier molecular flexibility index (Phi) is 6.27. The molecule has 1 amide bonds. The van der Waals surface area contributed by atoms with Crippen LogP contribution >= 0.6 is 11.8 Å². The van der Waals surface area contributed by atoms with Gasteiger partial charge in [-0.15, -0.1) is 11.8 Å². The molecule has 0 saturated carbocycles. The molecule has 0 aliphatic heterocycles. The van der Waals surface area contributed by atoms with E-state index < -0.39 is 17.6 Å². The van der Waals surface area contributed by atoms with Crippen LogP contribution in [-0.2, 0) is 9.59 Å².